The fraction of sp³-hybridized carbons (Fsp3) is 0.500. The Labute approximate surface area is 116 Å². The van der Waals surface area contributed by atoms with Crippen LogP contribution in [0.4, 0.5) is 4.39 Å². The van der Waals surface area contributed by atoms with Gasteiger partial charge in [-0.25, -0.2) is 4.39 Å². The maximum absolute atomic E-state index is 13.0. The maximum atomic E-state index is 13.0. The highest BCUT2D eigenvalue weighted by Gasteiger charge is 2.25. The Morgan fingerprint density at radius 2 is 2.06 bits per heavy atom. The predicted molar refractivity (Wildman–Crippen MR) is 75.5 cm³/mol. The van der Waals surface area contributed by atoms with Crippen LogP contribution in [0.1, 0.15) is 37.0 Å². The fourth-order valence-corrected chi connectivity index (χ4v) is 2.73. The van der Waals surface area contributed by atoms with Crippen LogP contribution in [-0.2, 0) is 0 Å². The molecule has 0 heterocycles. The summed E-state index contributed by atoms with van der Waals surface area (Å²) in [7, 11) is 0. The molecule has 0 unspecified atom stereocenters. The summed E-state index contributed by atoms with van der Waals surface area (Å²) < 4.78 is 13.0. The van der Waals surface area contributed by atoms with E-state index in [1.165, 1.54) is 12.1 Å². The van der Waals surface area contributed by atoms with E-state index in [2.05, 4.69) is 35.1 Å². The van der Waals surface area contributed by atoms with Crippen LogP contribution in [0.5, 0.6) is 0 Å². The first kappa shape index (κ1) is 15.2. The number of hydrogen-bond donors (Lipinski definition) is 1. The highest BCUT2D eigenvalue weighted by Crippen LogP contribution is 2.27. The van der Waals surface area contributed by atoms with Crippen molar-refractivity contribution in [2.45, 2.75) is 26.7 Å². The maximum Gasteiger partial charge on any atom is 0.251 e. The Hall–Kier alpha value is -0.900. The average molecular weight is 316 g/mol. The quantitative estimate of drug-likeness (QED) is 0.796. The van der Waals surface area contributed by atoms with Crippen LogP contribution in [0.2, 0.25) is 0 Å². The third-order valence-electron chi connectivity index (χ3n) is 3.49. The Morgan fingerprint density at radius 3 is 2.56 bits per heavy atom. The fourth-order valence-electron chi connectivity index (χ4n) is 1.74. The zero-order valence-electron chi connectivity index (χ0n) is 10.8. The van der Waals surface area contributed by atoms with Crippen LogP contribution in [0.25, 0.3) is 0 Å². The number of benzene rings is 1. The third kappa shape index (κ3) is 3.80. The molecule has 0 aliphatic rings. The van der Waals surface area contributed by atoms with Crippen molar-refractivity contribution in [2.24, 2.45) is 5.41 Å². The van der Waals surface area contributed by atoms with Crippen molar-refractivity contribution in [3.63, 3.8) is 0 Å². The van der Waals surface area contributed by atoms with Gasteiger partial charge in [0.1, 0.15) is 5.82 Å². The van der Waals surface area contributed by atoms with E-state index in [4.69, 9.17) is 0 Å². The first-order chi connectivity index (χ1) is 8.56. The number of rotatable bonds is 6. The highest BCUT2D eigenvalue weighted by atomic mass is 79.9. The van der Waals surface area contributed by atoms with Gasteiger partial charge in [0.2, 0.25) is 0 Å². The van der Waals surface area contributed by atoms with E-state index in [9.17, 15) is 9.18 Å². The van der Waals surface area contributed by atoms with E-state index in [0.29, 0.717) is 12.1 Å². The van der Waals surface area contributed by atoms with Gasteiger partial charge in [-0.3, -0.25) is 4.79 Å². The van der Waals surface area contributed by atoms with Crippen molar-refractivity contribution in [2.75, 3.05) is 11.9 Å². The molecule has 0 aromatic heterocycles. The number of carbonyl (C=O) groups is 1. The van der Waals surface area contributed by atoms with E-state index < -0.39 is 0 Å². The van der Waals surface area contributed by atoms with Crippen molar-refractivity contribution in [1.29, 1.82) is 0 Å². The van der Waals surface area contributed by atoms with Crippen molar-refractivity contribution < 1.29 is 9.18 Å². The molecular formula is C14H19BrFNO. The summed E-state index contributed by atoms with van der Waals surface area (Å²) in [6.45, 7) is 4.82. The van der Waals surface area contributed by atoms with Gasteiger partial charge in [-0.1, -0.05) is 35.8 Å². The lowest BCUT2D eigenvalue weighted by Crippen LogP contribution is -2.38. The molecule has 100 valence electrons. The Morgan fingerprint density at radius 1 is 1.39 bits per heavy atom. The van der Waals surface area contributed by atoms with Gasteiger partial charge in [0, 0.05) is 17.4 Å². The van der Waals surface area contributed by atoms with E-state index in [0.717, 1.165) is 18.2 Å². The summed E-state index contributed by atoms with van der Waals surface area (Å²) in [6.07, 6.45) is 1.97. The Balaban J connectivity index is 2.66. The molecule has 1 rings (SSSR count). The van der Waals surface area contributed by atoms with Crippen molar-refractivity contribution in [3.8, 4) is 0 Å². The smallest absolute Gasteiger partial charge is 0.251 e. The van der Waals surface area contributed by atoms with Crippen LogP contribution in [0.15, 0.2) is 24.3 Å². The molecular weight excluding hydrogens is 297 g/mol. The molecule has 0 saturated heterocycles. The van der Waals surface area contributed by atoms with Crippen LogP contribution in [0.3, 0.4) is 0 Å². The summed E-state index contributed by atoms with van der Waals surface area (Å²) in [5, 5.41) is 3.73. The van der Waals surface area contributed by atoms with Gasteiger partial charge in [0.05, 0.1) is 0 Å². The monoisotopic (exact) mass is 315 g/mol. The normalized spacial score (nSPS) is 11.3. The van der Waals surface area contributed by atoms with Gasteiger partial charge < -0.3 is 5.32 Å². The van der Waals surface area contributed by atoms with Crippen molar-refractivity contribution in [3.05, 3.63) is 35.6 Å². The lowest BCUT2D eigenvalue weighted by atomic mass is 9.84. The molecule has 0 fully saturated rings. The minimum Gasteiger partial charge on any atom is -0.351 e. The number of alkyl halides is 1. The Bertz CT molecular complexity index is 396. The van der Waals surface area contributed by atoms with Gasteiger partial charge >= 0.3 is 0 Å². The number of hydrogen-bond acceptors (Lipinski definition) is 1. The first-order valence-electron chi connectivity index (χ1n) is 6.16. The van der Waals surface area contributed by atoms with Gasteiger partial charge in [-0.05, 0) is 36.5 Å². The molecule has 0 bridgehead atoms. The van der Waals surface area contributed by atoms with Crippen LogP contribution < -0.4 is 5.32 Å². The summed E-state index contributed by atoms with van der Waals surface area (Å²) in [6, 6.07) is 5.74. The molecule has 2 nitrogen and oxygen atoms in total. The summed E-state index contributed by atoms with van der Waals surface area (Å²) in [5.74, 6) is -0.609. The molecule has 0 aliphatic heterocycles. The molecule has 0 spiro atoms. The van der Waals surface area contributed by atoms with Crippen molar-refractivity contribution in [1.82, 2.24) is 5.32 Å². The third-order valence-corrected chi connectivity index (χ3v) is 4.68. The van der Waals surface area contributed by atoms with E-state index in [1.54, 1.807) is 12.1 Å². The zero-order chi connectivity index (χ0) is 13.6. The molecule has 1 amide bonds. The number of halogens is 2. The summed E-state index contributed by atoms with van der Waals surface area (Å²) in [4.78, 5) is 11.9. The predicted octanol–water partition coefficient (Wildman–Crippen LogP) is 3.76. The van der Waals surface area contributed by atoms with Gasteiger partial charge in [0.25, 0.3) is 5.91 Å². The molecule has 1 aromatic carbocycles. The average Bonchev–Trinajstić information content (AvgIpc) is 2.40. The van der Waals surface area contributed by atoms with E-state index >= 15 is 0 Å². The molecule has 4 heteroatoms. The zero-order valence-corrected chi connectivity index (χ0v) is 12.4. The second-order valence-electron chi connectivity index (χ2n) is 4.53. The van der Waals surface area contributed by atoms with E-state index in [-0.39, 0.29) is 17.1 Å². The molecule has 0 radical (unpaired) electrons. The molecule has 1 aromatic rings. The van der Waals surface area contributed by atoms with Gasteiger partial charge in [0.15, 0.2) is 0 Å². The van der Waals surface area contributed by atoms with Crippen molar-refractivity contribution >= 4 is 21.8 Å². The number of amides is 1. The second kappa shape index (κ2) is 6.88. The molecule has 0 atom stereocenters. The first-order valence-corrected chi connectivity index (χ1v) is 7.29. The largest absolute Gasteiger partial charge is 0.351 e. The minimum absolute atomic E-state index is 0.0724. The van der Waals surface area contributed by atoms with Crippen LogP contribution >= 0.6 is 15.9 Å². The van der Waals surface area contributed by atoms with Gasteiger partial charge in [-0.15, -0.1) is 0 Å². The minimum atomic E-state index is -0.389. The molecule has 0 saturated carbocycles. The second-order valence-corrected chi connectivity index (χ2v) is 5.09. The van der Waals surface area contributed by atoms with Gasteiger partial charge in [-0.2, -0.15) is 0 Å². The Kier molecular flexibility index (Phi) is 5.79. The SMILES string of the molecule is CCC(CC)(CBr)CNC(=O)c1cccc(F)c1. The topological polar surface area (TPSA) is 29.1 Å². The van der Waals surface area contributed by atoms with E-state index in [1.807, 2.05) is 0 Å². The standard InChI is InChI=1S/C14H19BrFNO/c1-3-14(4-2,9-15)10-17-13(18)11-6-5-7-12(16)8-11/h5-8H,3-4,9-10H2,1-2H3,(H,17,18). The summed E-state index contributed by atoms with van der Waals surface area (Å²) in [5.41, 5.74) is 0.439. The summed E-state index contributed by atoms with van der Waals surface area (Å²) >= 11 is 3.50. The van der Waals surface area contributed by atoms with Crippen LogP contribution in [-0.4, -0.2) is 17.8 Å². The molecule has 0 aliphatic carbocycles. The lowest BCUT2D eigenvalue weighted by molar-refractivity contribution is 0.0932. The number of nitrogens with one attached hydrogen (secondary N) is 1. The highest BCUT2D eigenvalue weighted by molar-refractivity contribution is 9.09. The van der Waals surface area contributed by atoms with Crippen LogP contribution in [0, 0.1) is 11.2 Å². The molecule has 1 N–H and O–H groups in total. The molecule has 18 heavy (non-hydrogen) atoms. The number of carbonyl (C=O) groups excluding carboxylic acids is 1. The lowest BCUT2D eigenvalue weighted by Gasteiger charge is -2.29.